The molecular weight excluding hydrogens is 276 g/mol. The zero-order chi connectivity index (χ0) is 15.8. The average Bonchev–Trinajstić information content (AvgIpc) is 2.44. The van der Waals surface area contributed by atoms with E-state index in [-0.39, 0.29) is 37.4 Å². The van der Waals surface area contributed by atoms with Crippen LogP contribution in [0.2, 0.25) is 0 Å². The Balaban J connectivity index is 2.53. The number of amides is 2. The van der Waals surface area contributed by atoms with Crippen LogP contribution in [0.5, 0.6) is 0 Å². The number of carboxylic acids is 1. The molecule has 7 nitrogen and oxygen atoms in total. The van der Waals surface area contributed by atoms with E-state index in [4.69, 9.17) is 9.84 Å². The molecule has 1 fully saturated rings. The molecule has 1 heterocycles. The SMILES string of the molecule is CCOC(=O)CCN(C)C(=O)N1CCCCC1CC(=O)O. The quantitative estimate of drug-likeness (QED) is 0.748. The molecule has 0 saturated carbocycles. The molecule has 1 aliphatic rings. The number of likely N-dealkylation sites (tertiary alicyclic amines) is 1. The number of hydrogen-bond donors (Lipinski definition) is 1. The summed E-state index contributed by atoms with van der Waals surface area (Å²) in [6.45, 7) is 2.90. The largest absolute Gasteiger partial charge is 0.481 e. The van der Waals surface area contributed by atoms with Gasteiger partial charge in [-0.25, -0.2) is 4.79 Å². The Bertz CT molecular complexity index is 386. The van der Waals surface area contributed by atoms with Gasteiger partial charge >= 0.3 is 18.0 Å². The van der Waals surface area contributed by atoms with Crippen LogP contribution in [0.4, 0.5) is 4.79 Å². The summed E-state index contributed by atoms with van der Waals surface area (Å²) < 4.78 is 4.82. The van der Waals surface area contributed by atoms with E-state index in [1.165, 1.54) is 4.90 Å². The third-order valence-corrected chi connectivity index (χ3v) is 3.57. The molecule has 1 rings (SSSR count). The molecule has 1 N–H and O–H groups in total. The lowest BCUT2D eigenvalue weighted by Crippen LogP contribution is -2.50. The van der Waals surface area contributed by atoms with Gasteiger partial charge in [0, 0.05) is 26.2 Å². The van der Waals surface area contributed by atoms with Gasteiger partial charge in [-0.2, -0.15) is 0 Å². The molecule has 0 radical (unpaired) electrons. The van der Waals surface area contributed by atoms with Crippen LogP contribution in [-0.2, 0) is 14.3 Å². The Kier molecular flexibility index (Phi) is 6.98. The minimum Gasteiger partial charge on any atom is -0.481 e. The molecule has 7 heteroatoms. The summed E-state index contributed by atoms with van der Waals surface area (Å²) in [5.41, 5.74) is 0. The van der Waals surface area contributed by atoms with Gasteiger partial charge in [-0.1, -0.05) is 0 Å². The number of nitrogens with zero attached hydrogens (tertiary/aromatic N) is 2. The van der Waals surface area contributed by atoms with Crippen LogP contribution in [-0.4, -0.2) is 65.7 Å². The molecule has 1 saturated heterocycles. The number of piperidine rings is 1. The second-order valence-electron chi connectivity index (χ2n) is 5.20. The second-order valence-corrected chi connectivity index (χ2v) is 5.20. The first-order valence-electron chi connectivity index (χ1n) is 7.34. The van der Waals surface area contributed by atoms with E-state index in [1.807, 2.05) is 0 Å². The van der Waals surface area contributed by atoms with Crippen molar-refractivity contribution >= 4 is 18.0 Å². The first-order chi connectivity index (χ1) is 9.95. The van der Waals surface area contributed by atoms with Gasteiger partial charge in [0.05, 0.1) is 19.4 Å². The highest BCUT2D eigenvalue weighted by Crippen LogP contribution is 2.21. The molecule has 0 aromatic carbocycles. The molecule has 1 unspecified atom stereocenters. The standard InChI is InChI=1S/C14H24N2O5/c1-3-21-13(19)7-9-15(2)14(20)16-8-5-4-6-11(16)10-12(17)18/h11H,3-10H2,1-2H3,(H,17,18). The second kappa shape index (κ2) is 8.49. The third-order valence-electron chi connectivity index (χ3n) is 3.57. The number of carbonyl (C=O) groups is 3. The number of aliphatic carboxylic acids is 1. The highest BCUT2D eigenvalue weighted by Gasteiger charge is 2.30. The van der Waals surface area contributed by atoms with Crippen molar-refractivity contribution < 1.29 is 24.2 Å². The van der Waals surface area contributed by atoms with Gasteiger partial charge < -0.3 is 19.6 Å². The number of rotatable bonds is 6. The van der Waals surface area contributed by atoms with Crippen LogP contribution in [0.1, 0.15) is 39.0 Å². The lowest BCUT2D eigenvalue weighted by molar-refractivity contribution is -0.143. The molecular formula is C14H24N2O5. The Morgan fingerprint density at radius 2 is 2.05 bits per heavy atom. The van der Waals surface area contributed by atoms with Crippen LogP contribution in [0.25, 0.3) is 0 Å². The lowest BCUT2D eigenvalue weighted by atomic mass is 10.00. The van der Waals surface area contributed by atoms with Gasteiger partial charge in [0.15, 0.2) is 0 Å². The van der Waals surface area contributed by atoms with E-state index in [0.717, 1.165) is 12.8 Å². The fourth-order valence-electron chi connectivity index (χ4n) is 2.47. The maximum absolute atomic E-state index is 12.4. The van der Waals surface area contributed by atoms with Crippen LogP contribution in [0, 0.1) is 0 Å². The first kappa shape index (κ1) is 17.3. The first-order valence-corrected chi connectivity index (χ1v) is 7.34. The van der Waals surface area contributed by atoms with E-state index in [2.05, 4.69) is 0 Å². The van der Waals surface area contributed by atoms with Gasteiger partial charge in [-0.05, 0) is 26.2 Å². The minimum atomic E-state index is -0.895. The van der Waals surface area contributed by atoms with Gasteiger partial charge in [-0.15, -0.1) is 0 Å². The van der Waals surface area contributed by atoms with Crippen LogP contribution >= 0.6 is 0 Å². The maximum atomic E-state index is 12.4. The van der Waals surface area contributed by atoms with Crippen LogP contribution in [0.3, 0.4) is 0 Å². The predicted molar refractivity (Wildman–Crippen MR) is 75.9 cm³/mol. The average molecular weight is 300 g/mol. The number of hydrogen-bond acceptors (Lipinski definition) is 4. The summed E-state index contributed by atoms with van der Waals surface area (Å²) in [6.07, 6.45) is 2.65. The number of carbonyl (C=O) groups excluding carboxylic acids is 2. The summed E-state index contributed by atoms with van der Waals surface area (Å²) in [5.74, 6) is -1.23. The molecule has 21 heavy (non-hydrogen) atoms. The molecule has 0 aromatic heterocycles. The van der Waals surface area contributed by atoms with E-state index < -0.39 is 5.97 Å². The van der Waals surface area contributed by atoms with Crippen molar-refractivity contribution in [2.75, 3.05) is 26.7 Å². The summed E-state index contributed by atoms with van der Waals surface area (Å²) in [7, 11) is 1.62. The zero-order valence-corrected chi connectivity index (χ0v) is 12.7. The molecule has 0 spiro atoms. The Hall–Kier alpha value is -1.79. The van der Waals surface area contributed by atoms with E-state index >= 15 is 0 Å². The van der Waals surface area contributed by atoms with Gasteiger partial charge in [-0.3, -0.25) is 9.59 Å². The molecule has 2 amide bonds. The van der Waals surface area contributed by atoms with Crippen molar-refractivity contribution in [3.8, 4) is 0 Å². The van der Waals surface area contributed by atoms with Crippen LogP contribution in [0.15, 0.2) is 0 Å². The Morgan fingerprint density at radius 1 is 1.33 bits per heavy atom. The van der Waals surface area contributed by atoms with Gasteiger partial charge in [0.1, 0.15) is 0 Å². The topological polar surface area (TPSA) is 87.2 Å². The third kappa shape index (κ3) is 5.61. The van der Waals surface area contributed by atoms with Gasteiger partial charge in [0.25, 0.3) is 0 Å². The zero-order valence-electron chi connectivity index (χ0n) is 12.7. The minimum absolute atomic E-state index is 0.0303. The highest BCUT2D eigenvalue weighted by molar-refractivity contribution is 5.77. The van der Waals surface area contributed by atoms with Crippen molar-refractivity contribution in [1.29, 1.82) is 0 Å². The van der Waals surface area contributed by atoms with E-state index in [9.17, 15) is 14.4 Å². The summed E-state index contributed by atoms with van der Waals surface area (Å²) in [4.78, 5) is 37.6. The van der Waals surface area contributed by atoms with Crippen LogP contribution < -0.4 is 0 Å². The molecule has 0 aliphatic carbocycles. The normalized spacial score (nSPS) is 18.2. The molecule has 120 valence electrons. The number of carboxylic acid groups (broad SMARTS) is 1. The van der Waals surface area contributed by atoms with E-state index in [0.29, 0.717) is 19.6 Å². The number of ether oxygens (including phenoxy) is 1. The van der Waals surface area contributed by atoms with Crippen molar-refractivity contribution in [1.82, 2.24) is 9.80 Å². The molecule has 1 aliphatic heterocycles. The molecule has 1 atom stereocenters. The number of esters is 1. The Morgan fingerprint density at radius 3 is 2.67 bits per heavy atom. The lowest BCUT2D eigenvalue weighted by Gasteiger charge is -2.37. The summed E-state index contributed by atoms with van der Waals surface area (Å²) in [5, 5.41) is 8.93. The van der Waals surface area contributed by atoms with Crippen molar-refractivity contribution in [3.63, 3.8) is 0 Å². The maximum Gasteiger partial charge on any atom is 0.320 e. The smallest absolute Gasteiger partial charge is 0.320 e. The molecule has 0 bridgehead atoms. The van der Waals surface area contributed by atoms with Gasteiger partial charge in [0.2, 0.25) is 0 Å². The van der Waals surface area contributed by atoms with Crippen molar-refractivity contribution in [2.24, 2.45) is 0 Å². The predicted octanol–water partition coefficient (Wildman–Crippen LogP) is 1.32. The van der Waals surface area contributed by atoms with E-state index in [1.54, 1.807) is 18.9 Å². The fraction of sp³-hybridized carbons (Fsp3) is 0.786. The monoisotopic (exact) mass is 300 g/mol. The Labute approximate surface area is 124 Å². The molecule has 0 aromatic rings. The van der Waals surface area contributed by atoms with Crippen molar-refractivity contribution in [2.45, 2.75) is 45.1 Å². The highest BCUT2D eigenvalue weighted by atomic mass is 16.5. The van der Waals surface area contributed by atoms with Crippen molar-refractivity contribution in [3.05, 3.63) is 0 Å². The number of urea groups is 1. The summed E-state index contributed by atoms with van der Waals surface area (Å²) in [6, 6.07) is -0.473. The fourth-order valence-corrected chi connectivity index (χ4v) is 2.47. The summed E-state index contributed by atoms with van der Waals surface area (Å²) >= 11 is 0.